The molecule has 0 spiro atoms. The lowest BCUT2D eigenvalue weighted by Gasteiger charge is -2.14. The van der Waals surface area contributed by atoms with Crippen molar-refractivity contribution in [3.8, 4) is 17.2 Å². The number of nitrogens with one attached hydrogen (secondary N) is 1. The van der Waals surface area contributed by atoms with Gasteiger partial charge in [-0.1, -0.05) is 30.3 Å². The van der Waals surface area contributed by atoms with Crippen LogP contribution in [0.25, 0.3) is 11.5 Å². The van der Waals surface area contributed by atoms with E-state index < -0.39 is 0 Å². The number of para-hydroxylation sites is 2. The maximum atomic E-state index is 5.79. The molecule has 1 aromatic heterocycles. The van der Waals surface area contributed by atoms with Gasteiger partial charge in [0, 0.05) is 5.56 Å². The average Bonchev–Trinajstić information content (AvgIpc) is 3.03. The highest BCUT2D eigenvalue weighted by atomic mass is 16.5. The van der Waals surface area contributed by atoms with Crippen molar-refractivity contribution in [3.05, 3.63) is 60.0 Å². The molecule has 0 fully saturated rings. The van der Waals surface area contributed by atoms with Gasteiger partial charge >= 0.3 is 0 Å². The Morgan fingerprint density at radius 2 is 1.79 bits per heavy atom. The summed E-state index contributed by atoms with van der Waals surface area (Å²) in [4.78, 5) is 0. The molecule has 24 heavy (non-hydrogen) atoms. The summed E-state index contributed by atoms with van der Waals surface area (Å²) in [6, 6.07) is 15.8. The lowest BCUT2D eigenvalue weighted by Crippen LogP contribution is -2.08. The molecular formula is C19H21N3O2. The number of nitrogens with zero attached hydrogens (tertiary/aromatic N) is 2. The van der Waals surface area contributed by atoms with E-state index in [2.05, 4.69) is 15.5 Å². The van der Waals surface area contributed by atoms with Crippen molar-refractivity contribution >= 4 is 5.69 Å². The molecule has 5 heteroatoms. The van der Waals surface area contributed by atoms with E-state index in [4.69, 9.17) is 9.15 Å². The maximum Gasteiger partial charge on any atom is 0.248 e. The number of ether oxygens (including phenoxy) is 1. The van der Waals surface area contributed by atoms with Crippen molar-refractivity contribution in [1.82, 2.24) is 10.2 Å². The van der Waals surface area contributed by atoms with Gasteiger partial charge in [0.2, 0.25) is 11.8 Å². The summed E-state index contributed by atoms with van der Waals surface area (Å²) in [5, 5.41) is 11.6. The van der Waals surface area contributed by atoms with Gasteiger partial charge < -0.3 is 14.5 Å². The number of hydrogen-bond acceptors (Lipinski definition) is 5. The third-order valence-corrected chi connectivity index (χ3v) is 3.52. The molecule has 3 aromatic rings. The fourth-order valence-electron chi connectivity index (χ4n) is 2.39. The maximum absolute atomic E-state index is 5.79. The van der Waals surface area contributed by atoms with E-state index in [9.17, 15) is 0 Å². The van der Waals surface area contributed by atoms with Crippen LogP contribution in [-0.4, -0.2) is 16.3 Å². The zero-order valence-electron chi connectivity index (χ0n) is 14.1. The van der Waals surface area contributed by atoms with Crippen LogP contribution in [0.4, 0.5) is 5.69 Å². The van der Waals surface area contributed by atoms with Crippen molar-refractivity contribution in [3.63, 3.8) is 0 Å². The number of anilines is 1. The first-order valence-corrected chi connectivity index (χ1v) is 8.01. The molecule has 3 rings (SSSR count). The van der Waals surface area contributed by atoms with Crippen molar-refractivity contribution in [1.29, 1.82) is 0 Å². The molecule has 1 heterocycles. The van der Waals surface area contributed by atoms with Crippen LogP contribution >= 0.6 is 0 Å². The zero-order valence-corrected chi connectivity index (χ0v) is 14.1. The van der Waals surface area contributed by atoms with E-state index in [0.717, 1.165) is 22.6 Å². The molecule has 124 valence electrons. The normalized spacial score (nSPS) is 10.8. The van der Waals surface area contributed by atoms with E-state index in [1.165, 1.54) is 0 Å². The molecule has 5 nitrogen and oxygen atoms in total. The first kappa shape index (κ1) is 16.1. The highest BCUT2D eigenvalue weighted by Crippen LogP contribution is 2.26. The first-order chi connectivity index (χ1) is 11.6. The van der Waals surface area contributed by atoms with Gasteiger partial charge in [0.25, 0.3) is 0 Å². The van der Waals surface area contributed by atoms with E-state index in [1.54, 1.807) is 0 Å². The number of rotatable bonds is 6. The quantitative estimate of drug-likeness (QED) is 0.726. The fourth-order valence-corrected chi connectivity index (χ4v) is 2.39. The molecule has 2 aromatic carbocycles. The highest BCUT2D eigenvalue weighted by Gasteiger charge is 2.11. The second-order valence-electron chi connectivity index (χ2n) is 5.83. The summed E-state index contributed by atoms with van der Waals surface area (Å²) in [5.74, 6) is 1.88. The van der Waals surface area contributed by atoms with E-state index >= 15 is 0 Å². The summed E-state index contributed by atoms with van der Waals surface area (Å²) < 4.78 is 11.6. The van der Waals surface area contributed by atoms with Gasteiger partial charge in [0.15, 0.2) is 0 Å². The van der Waals surface area contributed by atoms with Gasteiger partial charge in [-0.25, -0.2) is 0 Å². The average molecular weight is 323 g/mol. The van der Waals surface area contributed by atoms with Crippen LogP contribution in [0.15, 0.2) is 52.9 Å². The number of benzene rings is 2. The van der Waals surface area contributed by atoms with Crippen molar-refractivity contribution in [2.24, 2.45) is 0 Å². The van der Waals surface area contributed by atoms with Crippen LogP contribution in [-0.2, 0) is 6.54 Å². The predicted molar refractivity (Wildman–Crippen MR) is 94.0 cm³/mol. The fraction of sp³-hybridized carbons (Fsp3) is 0.263. The van der Waals surface area contributed by atoms with Crippen molar-refractivity contribution in [2.75, 3.05) is 5.32 Å². The molecule has 0 aliphatic rings. The van der Waals surface area contributed by atoms with Gasteiger partial charge in [-0.15, -0.1) is 10.2 Å². The van der Waals surface area contributed by atoms with E-state index in [-0.39, 0.29) is 6.10 Å². The minimum Gasteiger partial charge on any atom is -0.489 e. The second kappa shape index (κ2) is 7.17. The number of aryl methyl sites for hydroxylation is 1. The van der Waals surface area contributed by atoms with Crippen LogP contribution in [0, 0.1) is 6.92 Å². The smallest absolute Gasteiger partial charge is 0.248 e. The third-order valence-electron chi connectivity index (χ3n) is 3.52. The molecule has 0 saturated heterocycles. The van der Waals surface area contributed by atoms with Crippen molar-refractivity contribution in [2.45, 2.75) is 33.4 Å². The Morgan fingerprint density at radius 3 is 2.58 bits per heavy atom. The Morgan fingerprint density at radius 1 is 1.04 bits per heavy atom. The summed E-state index contributed by atoms with van der Waals surface area (Å²) in [5.41, 5.74) is 2.97. The van der Waals surface area contributed by atoms with E-state index in [1.807, 2.05) is 69.3 Å². The lowest BCUT2D eigenvalue weighted by molar-refractivity contribution is 0.243. The van der Waals surface area contributed by atoms with E-state index in [0.29, 0.717) is 18.3 Å². The SMILES string of the molecule is Cc1ccccc1-c1nnc(CNc2ccccc2OC(C)C)o1. The molecule has 0 amide bonds. The molecule has 0 radical (unpaired) electrons. The Hall–Kier alpha value is -2.82. The Bertz CT molecular complexity index is 812. The minimum atomic E-state index is 0.115. The van der Waals surface area contributed by atoms with Crippen molar-refractivity contribution < 1.29 is 9.15 Å². The third kappa shape index (κ3) is 3.74. The molecule has 1 N–H and O–H groups in total. The van der Waals surface area contributed by atoms with Crippen LogP contribution in [0.3, 0.4) is 0 Å². The van der Waals surface area contributed by atoms with Gasteiger partial charge in [-0.05, 0) is 44.5 Å². The molecule has 0 aliphatic heterocycles. The van der Waals surface area contributed by atoms with Gasteiger partial charge in [-0.2, -0.15) is 0 Å². The minimum absolute atomic E-state index is 0.115. The first-order valence-electron chi connectivity index (χ1n) is 8.01. The van der Waals surface area contributed by atoms with Crippen LogP contribution in [0.5, 0.6) is 5.75 Å². The Labute approximate surface area is 141 Å². The Kier molecular flexibility index (Phi) is 4.79. The summed E-state index contributed by atoms with van der Waals surface area (Å²) in [6.45, 7) is 6.47. The topological polar surface area (TPSA) is 60.2 Å². The van der Waals surface area contributed by atoms with Gasteiger partial charge in [0.1, 0.15) is 5.75 Å². The molecule has 0 atom stereocenters. The summed E-state index contributed by atoms with van der Waals surface area (Å²) in [6.07, 6.45) is 0.115. The standard InChI is InChI=1S/C19H21N3O2/c1-13(2)23-17-11-7-6-10-16(17)20-12-18-21-22-19(24-18)15-9-5-4-8-14(15)3/h4-11,13,20H,12H2,1-3H3. The number of hydrogen-bond donors (Lipinski definition) is 1. The molecular weight excluding hydrogens is 302 g/mol. The second-order valence-corrected chi connectivity index (χ2v) is 5.83. The zero-order chi connectivity index (χ0) is 16.9. The summed E-state index contributed by atoms with van der Waals surface area (Å²) in [7, 11) is 0. The largest absolute Gasteiger partial charge is 0.489 e. The lowest BCUT2D eigenvalue weighted by atomic mass is 10.1. The van der Waals surface area contributed by atoms with Gasteiger partial charge in [0.05, 0.1) is 18.3 Å². The number of aromatic nitrogens is 2. The summed E-state index contributed by atoms with van der Waals surface area (Å²) >= 11 is 0. The van der Waals surface area contributed by atoms with Crippen LogP contribution in [0.1, 0.15) is 25.3 Å². The Balaban J connectivity index is 1.72. The monoisotopic (exact) mass is 323 g/mol. The molecule has 0 aliphatic carbocycles. The molecule has 0 bridgehead atoms. The predicted octanol–water partition coefficient (Wildman–Crippen LogP) is 4.44. The van der Waals surface area contributed by atoms with Gasteiger partial charge in [-0.3, -0.25) is 0 Å². The molecule has 0 unspecified atom stereocenters. The molecule has 0 saturated carbocycles. The van der Waals surface area contributed by atoms with Crippen LogP contribution in [0.2, 0.25) is 0 Å². The highest BCUT2D eigenvalue weighted by molar-refractivity contribution is 5.58. The van der Waals surface area contributed by atoms with Crippen LogP contribution < -0.4 is 10.1 Å².